The van der Waals surface area contributed by atoms with Gasteiger partial charge in [-0.25, -0.2) is 4.79 Å². The normalized spacial score (nSPS) is 9.94. The molecule has 16 heavy (non-hydrogen) atoms. The minimum absolute atomic E-state index is 0.370. The van der Waals surface area contributed by atoms with Gasteiger partial charge in [0.2, 0.25) is 0 Å². The number of halogens is 2. The first-order valence-corrected chi connectivity index (χ1v) is 5.73. The summed E-state index contributed by atoms with van der Waals surface area (Å²) in [6, 6.07) is 5.31. The molecule has 1 N–H and O–H groups in total. The highest BCUT2D eigenvalue weighted by molar-refractivity contribution is 6.34. The number of ether oxygens (including phenoxy) is 1. The van der Waals surface area contributed by atoms with Crippen molar-refractivity contribution in [3.8, 4) is 0 Å². The van der Waals surface area contributed by atoms with Gasteiger partial charge in [0, 0.05) is 16.6 Å². The van der Waals surface area contributed by atoms with E-state index in [0.717, 1.165) is 5.56 Å². The lowest BCUT2D eigenvalue weighted by Gasteiger charge is -2.06. The van der Waals surface area contributed by atoms with Gasteiger partial charge in [0.15, 0.2) is 0 Å². The molecule has 1 aromatic carbocycles. The van der Waals surface area contributed by atoms with Crippen molar-refractivity contribution in [1.82, 2.24) is 5.32 Å². The average Bonchev–Trinajstić information content (AvgIpc) is 2.16. The number of carbonyl (C=O) groups is 1. The van der Waals surface area contributed by atoms with Gasteiger partial charge >= 0.3 is 6.09 Å². The van der Waals surface area contributed by atoms with Crippen LogP contribution >= 0.6 is 23.2 Å². The van der Waals surface area contributed by atoms with Crippen LogP contribution in [0.2, 0.25) is 10.0 Å². The molecule has 0 aromatic heterocycles. The minimum Gasteiger partial charge on any atom is -0.450 e. The third-order valence-corrected chi connectivity index (χ3v) is 2.32. The zero-order chi connectivity index (χ0) is 12.0. The molecule has 1 rings (SSSR count). The fourth-order valence-electron chi connectivity index (χ4n) is 1.25. The van der Waals surface area contributed by atoms with E-state index in [1.807, 2.05) is 12.1 Å². The number of alkyl carbamates (subject to hydrolysis) is 1. The van der Waals surface area contributed by atoms with Crippen molar-refractivity contribution in [2.45, 2.75) is 13.3 Å². The second-order valence-electron chi connectivity index (χ2n) is 3.17. The van der Waals surface area contributed by atoms with Crippen LogP contribution in [0.5, 0.6) is 0 Å². The topological polar surface area (TPSA) is 38.3 Å². The molecule has 0 aliphatic heterocycles. The van der Waals surface area contributed by atoms with Gasteiger partial charge in [-0.3, -0.25) is 0 Å². The highest BCUT2D eigenvalue weighted by atomic mass is 35.5. The molecule has 88 valence electrons. The Balaban J connectivity index is 2.40. The van der Waals surface area contributed by atoms with Crippen molar-refractivity contribution in [2.24, 2.45) is 0 Å². The Kier molecular flexibility index (Phi) is 5.43. The van der Waals surface area contributed by atoms with Crippen LogP contribution in [0.4, 0.5) is 4.79 Å². The Morgan fingerprint density at radius 1 is 1.31 bits per heavy atom. The van der Waals surface area contributed by atoms with Crippen LogP contribution in [0.25, 0.3) is 0 Å². The zero-order valence-electron chi connectivity index (χ0n) is 8.93. The van der Waals surface area contributed by atoms with Crippen LogP contribution in [-0.4, -0.2) is 19.2 Å². The van der Waals surface area contributed by atoms with E-state index in [-0.39, 0.29) is 0 Å². The van der Waals surface area contributed by atoms with Crippen LogP contribution in [-0.2, 0) is 11.2 Å². The number of hydrogen-bond donors (Lipinski definition) is 1. The van der Waals surface area contributed by atoms with Crippen molar-refractivity contribution < 1.29 is 9.53 Å². The quantitative estimate of drug-likeness (QED) is 0.904. The van der Waals surface area contributed by atoms with Crippen LogP contribution in [0, 0.1) is 0 Å². The van der Waals surface area contributed by atoms with Crippen molar-refractivity contribution in [3.05, 3.63) is 33.8 Å². The maximum atomic E-state index is 11.0. The predicted molar refractivity (Wildman–Crippen MR) is 65.2 cm³/mol. The maximum Gasteiger partial charge on any atom is 0.407 e. The Morgan fingerprint density at radius 3 is 2.50 bits per heavy atom. The first-order valence-electron chi connectivity index (χ1n) is 4.97. The molecule has 3 nitrogen and oxygen atoms in total. The van der Waals surface area contributed by atoms with Gasteiger partial charge < -0.3 is 10.1 Å². The van der Waals surface area contributed by atoms with E-state index < -0.39 is 6.09 Å². The Hall–Kier alpha value is -0.930. The molecular formula is C11H13Cl2NO2. The van der Waals surface area contributed by atoms with E-state index in [2.05, 4.69) is 5.32 Å². The highest BCUT2D eigenvalue weighted by Gasteiger charge is 2.01. The predicted octanol–water partition coefficient (Wildman–Crippen LogP) is 3.28. The van der Waals surface area contributed by atoms with Crippen LogP contribution < -0.4 is 5.32 Å². The van der Waals surface area contributed by atoms with Gasteiger partial charge in [-0.05, 0) is 37.1 Å². The van der Waals surface area contributed by atoms with Gasteiger partial charge in [-0.1, -0.05) is 23.2 Å². The minimum atomic E-state index is -0.407. The number of nitrogens with one attached hydrogen (secondary N) is 1. The number of rotatable bonds is 4. The summed E-state index contributed by atoms with van der Waals surface area (Å²) in [4.78, 5) is 11.0. The number of benzene rings is 1. The first kappa shape index (κ1) is 13.1. The molecule has 0 spiro atoms. The Labute approximate surface area is 105 Å². The van der Waals surface area contributed by atoms with E-state index in [9.17, 15) is 4.79 Å². The van der Waals surface area contributed by atoms with Gasteiger partial charge in [0.25, 0.3) is 0 Å². The lowest BCUT2D eigenvalue weighted by Crippen LogP contribution is -2.26. The van der Waals surface area contributed by atoms with Gasteiger partial charge in [0.05, 0.1) is 6.61 Å². The summed E-state index contributed by atoms with van der Waals surface area (Å²) < 4.78 is 4.73. The molecule has 1 amide bonds. The molecule has 0 saturated carbocycles. The second kappa shape index (κ2) is 6.61. The summed E-state index contributed by atoms with van der Waals surface area (Å²) in [7, 11) is 0. The summed E-state index contributed by atoms with van der Waals surface area (Å²) in [5, 5.41) is 3.82. The van der Waals surface area contributed by atoms with E-state index in [1.165, 1.54) is 0 Å². The molecule has 1 aromatic rings. The molecule has 0 saturated heterocycles. The van der Waals surface area contributed by atoms with Crippen LogP contribution in [0.15, 0.2) is 18.2 Å². The van der Waals surface area contributed by atoms with Crippen molar-refractivity contribution >= 4 is 29.3 Å². The van der Waals surface area contributed by atoms with Crippen LogP contribution in [0.1, 0.15) is 12.5 Å². The zero-order valence-corrected chi connectivity index (χ0v) is 10.4. The molecule has 0 unspecified atom stereocenters. The summed E-state index contributed by atoms with van der Waals surface area (Å²) in [6.45, 7) is 2.63. The highest BCUT2D eigenvalue weighted by Crippen LogP contribution is 2.19. The number of amides is 1. The average molecular weight is 262 g/mol. The number of hydrogen-bond acceptors (Lipinski definition) is 2. The molecule has 0 heterocycles. The van der Waals surface area contributed by atoms with E-state index in [4.69, 9.17) is 27.9 Å². The molecule has 5 heteroatoms. The number of carbonyl (C=O) groups excluding carboxylic acids is 1. The Bertz CT molecular complexity index is 349. The summed E-state index contributed by atoms with van der Waals surface area (Å²) in [5.41, 5.74) is 0.981. The lowest BCUT2D eigenvalue weighted by molar-refractivity contribution is 0.152. The molecular weight excluding hydrogens is 249 g/mol. The van der Waals surface area contributed by atoms with Gasteiger partial charge in [-0.2, -0.15) is 0 Å². The van der Waals surface area contributed by atoms with Crippen molar-refractivity contribution in [2.75, 3.05) is 13.2 Å². The lowest BCUT2D eigenvalue weighted by atomic mass is 10.1. The molecule has 0 atom stereocenters. The largest absolute Gasteiger partial charge is 0.450 e. The van der Waals surface area contributed by atoms with E-state index in [0.29, 0.717) is 29.6 Å². The Morgan fingerprint density at radius 2 is 1.94 bits per heavy atom. The van der Waals surface area contributed by atoms with Gasteiger partial charge in [-0.15, -0.1) is 0 Å². The standard InChI is InChI=1S/C11H13Cl2NO2/c1-2-16-11(15)14-4-3-8-5-9(12)7-10(13)6-8/h5-7H,2-4H2,1H3,(H,14,15). The SMILES string of the molecule is CCOC(=O)NCCc1cc(Cl)cc(Cl)c1. The summed E-state index contributed by atoms with van der Waals surface area (Å²) in [5.74, 6) is 0. The summed E-state index contributed by atoms with van der Waals surface area (Å²) >= 11 is 11.7. The van der Waals surface area contributed by atoms with E-state index in [1.54, 1.807) is 13.0 Å². The molecule has 0 radical (unpaired) electrons. The fraction of sp³-hybridized carbons (Fsp3) is 0.364. The smallest absolute Gasteiger partial charge is 0.407 e. The van der Waals surface area contributed by atoms with Crippen molar-refractivity contribution in [3.63, 3.8) is 0 Å². The molecule has 0 bridgehead atoms. The van der Waals surface area contributed by atoms with E-state index >= 15 is 0 Å². The molecule has 0 aliphatic rings. The van der Waals surface area contributed by atoms with Crippen molar-refractivity contribution in [1.29, 1.82) is 0 Å². The summed E-state index contributed by atoms with van der Waals surface area (Å²) in [6.07, 6.45) is 0.259. The maximum absolute atomic E-state index is 11.0. The first-order chi connectivity index (χ1) is 7.61. The monoisotopic (exact) mass is 261 g/mol. The molecule has 0 aliphatic carbocycles. The fourth-order valence-corrected chi connectivity index (χ4v) is 1.82. The van der Waals surface area contributed by atoms with Gasteiger partial charge in [0.1, 0.15) is 0 Å². The third-order valence-electron chi connectivity index (χ3n) is 1.88. The van der Waals surface area contributed by atoms with Crippen LogP contribution in [0.3, 0.4) is 0 Å². The third kappa shape index (κ3) is 4.73. The molecule has 0 fully saturated rings. The second-order valence-corrected chi connectivity index (χ2v) is 4.05.